The summed E-state index contributed by atoms with van der Waals surface area (Å²) in [5.41, 5.74) is 1.63. The lowest BCUT2D eigenvalue weighted by molar-refractivity contribution is 0.101. The third-order valence-corrected chi connectivity index (χ3v) is 1.43. The highest BCUT2D eigenvalue weighted by Crippen LogP contribution is 2.04. The zero-order chi connectivity index (χ0) is 8.27. The number of Topliss-reactive ketones (excluding diaryl/α,β-unsaturated/α-hetero) is 1. The minimum atomic E-state index is 0.0485. The van der Waals surface area contributed by atoms with Gasteiger partial charge in [-0.25, -0.2) is 0 Å². The van der Waals surface area contributed by atoms with Crippen molar-refractivity contribution >= 4 is 5.78 Å². The number of ketones is 1. The van der Waals surface area contributed by atoms with Gasteiger partial charge in [-0.05, 0) is 11.6 Å². The maximum Gasteiger partial charge on any atom is 0.175 e. The lowest BCUT2D eigenvalue weighted by atomic mass is 10.3. The van der Waals surface area contributed by atoms with E-state index in [-0.39, 0.29) is 5.78 Å². The van der Waals surface area contributed by atoms with Crippen molar-refractivity contribution in [3.63, 3.8) is 0 Å². The second-order valence-electron chi connectivity index (χ2n) is 2.41. The van der Waals surface area contributed by atoms with Crippen LogP contribution in [0, 0.1) is 0 Å². The highest BCUT2D eigenvalue weighted by molar-refractivity contribution is 5.92. The van der Waals surface area contributed by atoms with E-state index in [2.05, 4.69) is 4.98 Å². The summed E-state index contributed by atoms with van der Waals surface area (Å²) < 4.78 is 4.89. The Morgan fingerprint density at radius 3 is 2.91 bits per heavy atom. The maximum atomic E-state index is 10.8. The predicted molar refractivity (Wildman–Crippen MR) is 41.5 cm³/mol. The maximum absolute atomic E-state index is 10.8. The van der Waals surface area contributed by atoms with Crippen LogP contribution in [0.1, 0.15) is 23.0 Å². The Kier molecular flexibility index (Phi) is 2.44. The molecule has 0 aliphatic rings. The van der Waals surface area contributed by atoms with E-state index in [4.69, 9.17) is 4.74 Å². The molecule has 60 valence electrons. The number of aromatic amines is 1. The minimum absolute atomic E-state index is 0.0485. The van der Waals surface area contributed by atoms with E-state index in [0.29, 0.717) is 12.3 Å². The van der Waals surface area contributed by atoms with E-state index in [0.717, 1.165) is 5.56 Å². The molecule has 0 spiro atoms. The Morgan fingerprint density at radius 2 is 2.45 bits per heavy atom. The van der Waals surface area contributed by atoms with Gasteiger partial charge in [0.2, 0.25) is 0 Å². The van der Waals surface area contributed by atoms with Crippen LogP contribution in [0.3, 0.4) is 0 Å². The van der Waals surface area contributed by atoms with Crippen molar-refractivity contribution in [2.45, 2.75) is 13.5 Å². The summed E-state index contributed by atoms with van der Waals surface area (Å²) in [6, 6.07) is 1.80. The number of nitrogens with one attached hydrogen (secondary N) is 1. The average Bonchev–Trinajstić information content (AvgIpc) is 2.37. The van der Waals surface area contributed by atoms with E-state index in [1.165, 1.54) is 6.92 Å². The quantitative estimate of drug-likeness (QED) is 0.666. The molecule has 0 saturated heterocycles. The molecule has 1 aromatic heterocycles. The monoisotopic (exact) mass is 153 g/mol. The van der Waals surface area contributed by atoms with Crippen LogP contribution < -0.4 is 0 Å². The van der Waals surface area contributed by atoms with Gasteiger partial charge in [0, 0.05) is 20.2 Å². The molecule has 0 saturated carbocycles. The molecule has 0 amide bonds. The second kappa shape index (κ2) is 3.34. The van der Waals surface area contributed by atoms with Crippen LogP contribution >= 0.6 is 0 Å². The van der Waals surface area contributed by atoms with Gasteiger partial charge in [0.15, 0.2) is 5.78 Å². The van der Waals surface area contributed by atoms with Gasteiger partial charge in [-0.3, -0.25) is 4.79 Å². The van der Waals surface area contributed by atoms with Gasteiger partial charge in [0.05, 0.1) is 12.3 Å². The standard InChI is InChI=1S/C8H11NO2/c1-6(10)8-3-7(4-9-8)5-11-2/h3-4,9H,5H2,1-2H3. The first-order valence-electron chi connectivity index (χ1n) is 3.41. The van der Waals surface area contributed by atoms with Crippen LogP contribution in [0.4, 0.5) is 0 Å². The van der Waals surface area contributed by atoms with Gasteiger partial charge >= 0.3 is 0 Å². The van der Waals surface area contributed by atoms with Crippen molar-refractivity contribution in [3.8, 4) is 0 Å². The highest BCUT2D eigenvalue weighted by Gasteiger charge is 2.01. The topological polar surface area (TPSA) is 42.1 Å². The molecule has 0 aliphatic heterocycles. The molecule has 0 aromatic carbocycles. The summed E-state index contributed by atoms with van der Waals surface area (Å²) in [5.74, 6) is 0.0485. The SMILES string of the molecule is COCc1c[nH]c(C(C)=O)c1. The van der Waals surface area contributed by atoms with E-state index in [1.807, 2.05) is 0 Å². The molecule has 0 radical (unpaired) electrons. The summed E-state index contributed by atoms with van der Waals surface area (Å²) in [6.07, 6.45) is 1.78. The normalized spacial score (nSPS) is 10.0. The number of aromatic nitrogens is 1. The van der Waals surface area contributed by atoms with Crippen LogP contribution in [0.2, 0.25) is 0 Å². The summed E-state index contributed by atoms with van der Waals surface area (Å²) >= 11 is 0. The number of H-pyrrole nitrogens is 1. The van der Waals surface area contributed by atoms with E-state index in [9.17, 15) is 4.79 Å². The van der Waals surface area contributed by atoms with Crippen molar-refractivity contribution in [2.24, 2.45) is 0 Å². The number of hydrogen-bond donors (Lipinski definition) is 1. The number of carbonyl (C=O) groups is 1. The number of rotatable bonds is 3. The van der Waals surface area contributed by atoms with Crippen molar-refractivity contribution in [3.05, 3.63) is 23.5 Å². The van der Waals surface area contributed by atoms with Gasteiger partial charge in [-0.15, -0.1) is 0 Å². The number of ether oxygens (including phenoxy) is 1. The van der Waals surface area contributed by atoms with Gasteiger partial charge in [0.25, 0.3) is 0 Å². The van der Waals surface area contributed by atoms with E-state index in [1.54, 1.807) is 19.4 Å². The van der Waals surface area contributed by atoms with Crippen molar-refractivity contribution in [1.82, 2.24) is 4.98 Å². The summed E-state index contributed by atoms with van der Waals surface area (Å²) in [6.45, 7) is 2.08. The zero-order valence-corrected chi connectivity index (χ0v) is 6.68. The second-order valence-corrected chi connectivity index (χ2v) is 2.41. The summed E-state index contributed by atoms with van der Waals surface area (Å²) in [5, 5.41) is 0. The number of hydrogen-bond acceptors (Lipinski definition) is 2. The van der Waals surface area contributed by atoms with Crippen LogP contribution in [-0.4, -0.2) is 17.9 Å². The van der Waals surface area contributed by atoms with Gasteiger partial charge in [0.1, 0.15) is 0 Å². The molecule has 0 fully saturated rings. The molecular weight excluding hydrogens is 142 g/mol. The van der Waals surface area contributed by atoms with Gasteiger partial charge in [-0.2, -0.15) is 0 Å². The van der Waals surface area contributed by atoms with E-state index < -0.39 is 0 Å². The van der Waals surface area contributed by atoms with Crippen LogP contribution in [-0.2, 0) is 11.3 Å². The molecule has 1 aromatic rings. The molecule has 3 heteroatoms. The van der Waals surface area contributed by atoms with Crippen LogP contribution in [0.5, 0.6) is 0 Å². The van der Waals surface area contributed by atoms with Gasteiger partial charge in [-0.1, -0.05) is 0 Å². The number of carbonyl (C=O) groups excluding carboxylic acids is 1. The first-order valence-corrected chi connectivity index (χ1v) is 3.41. The third-order valence-electron chi connectivity index (χ3n) is 1.43. The molecule has 1 heterocycles. The smallest absolute Gasteiger partial charge is 0.175 e. The highest BCUT2D eigenvalue weighted by atomic mass is 16.5. The molecule has 0 aliphatic carbocycles. The Balaban J connectivity index is 2.73. The molecular formula is C8H11NO2. The molecule has 0 bridgehead atoms. The van der Waals surface area contributed by atoms with Crippen molar-refractivity contribution < 1.29 is 9.53 Å². The average molecular weight is 153 g/mol. The first-order chi connectivity index (χ1) is 5.24. The predicted octanol–water partition coefficient (Wildman–Crippen LogP) is 1.36. The molecule has 11 heavy (non-hydrogen) atoms. The molecule has 1 N–H and O–H groups in total. The van der Waals surface area contributed by atoms with Gasteiger partial charge < -0.3 is 9.72 Å². The first kappa shape index (κ1) is 8.01. The number of methoxy groups -OCH3 is 1. The summed E-state index contributed by atoms with van der Waals surface area (Å²) in [4.78, 5) is 13.7. The van der Waals surface area contributed by atoms with Crippen molar-refractivity contribution in [1.29, 1.82) is 0 Å². The van der Waals surface area contributed by atoms with E-state index >= 15 is 0 Å². The van der Waals surface area contributed by atoms with Crippen LogP contribution in [0.15, 0.2) is 12.3 Å². The largest absolute Gasteiger partial charge is 0.380 e. The molecule has 1 rings (SSSR count). The fraction of sp³-hybridized carbons (Fsp3) is 0.375. The zero-order valence-electron chi connectivity index (χ0n) is 6.68. The Hall–Kier alpha value is -1.09. The fourth-order valence-electron chi connectivity index (χ4n) is 0.892. The molecule has 3 nitrogen and oxygen atoms in total. The molecule has 0 atom stereocenters. The lowest BCUT2D eigenvalue weighted by Crippen LogP contribution is -1.90. The third kappa shape index (κ3) is 1.91. The Labute approximate surface area is 65.4 Å². The fourth-order valence-corrected chi connectivity index (χ4v) is 0.892. The summed E-state index contributed by atoms with van der Waals surface area (Å²) in [7, 11) is 1.63. The van der Waals surface area contributed by atoms with Crippen molar-refractivity contribution in [2.75, 3.05) is 7.11 Å². The molecule has 0 unspecified atom stereocenters. The Morgan fingerprint density at radius 1 is 1.73 bits per heavy atom. The Bertz CT molecular complexity index is 252. The van der Waals surface area contributed by atoms with Crippen LogP contribution in [0.25, 0.3) is 0 Å². The lowest BCUT2D eigenvalue weighted by Gasteiger charge is -1.90. The minimum Gasteiger partial charge on any atom is -0.380 e.